The molecule has 1 N–H and O–H groups in total. The van der Waals surface area contributed by atoms with Crippen LogP contribution in [0.2, 0.25) is 0 Å². The molecule has 7 nitrogen and oxygen atoms in total. The second kappa shape index (κ2) is 7.99. The lowest BCUT2D eigenvalue weighted by Crippen LogP contribution is -2.45. The van der Waals surface area contributed by atoms with E-state index in [1.54, 1.807) is 4.57 Å². The molecule has 0 bridgehead atoms. The second-order valence-corrected chi connectivity index (χ2v) is 9.12. The third kappa shape index (κ3) is 3.73. The SMILES string of the molecule is Cc1ccc(-n2c3c(c(=O)n(C4CC4)c2=O)C(Nc2ccc(N(C)C)cc2)=CCN3C)cc1. The van der Waals surface area contributed by atoms with Crippen molar-refractivity contribution in [1.82, 2.24) is 9.13 Å². The monoisotopic (exact) mass is 443 g/mol. The highest BCUT2D eigenvalue weighted by Gasteiger charge is 2.34. The number of aryl methyl sites for hydroxylation is 1. The molecule has 3 aromatic rings. The number of nitrogens with one attached hydrogen (secondary N) is 1. The average Bonchev–Trinajstić information content (AvgIpc) is 3.62. The Balaban J connectivity index is 1.69. The van der Waals surface area contributed by atoms with Gasteiger partial charge in [0.05, 0.1) is 11.4 Å². The first kappa shape index (κ1) is 21.1. The zero-order chi connectivity index (χ0) is 23.3. The zero-order valence-corrected chi connectivity index (χ0v) is 19.5. The summed E-state index contributed by atoms with van der Waals surface area (Å²) in [6.45, 7) is 2.61. The highest BCUT2D eigenvalue weighted by Crippen LogP contribution is 2.35. The Morgan fingerprint density at radius 2 is 1.64 bits per heavy atom. The maximum absolute atomic E-state index is 13.7. The van der Waals surface area contributed by atoms with Crippen molar-refractivity contribution in [2.45, 2.75) is 25.8 Å². The molecule has 2 aliphatic rings. The van der Waals surface area contributed by atoms with Crippen molar-refractivity contribution in [2.24, 2.45) is 0 Å². The highest BCUT2D eigenvalue weighted by molar-refractivity contribution is 5.85. The second-order valence-electron chi connectivity index (χ2n) is 9.12. The predicted octanol–water partition coefficient (Wildman–Crippen LogP) is 3.61. The fraction of sp³-hybridized carbons (Fsp3) is 0.308. The molecule has 33 heavy (non-hydrogen) atoms. The largest absolute Gasteiger partial charge is 0.378 e. The van der Waals surface area contributed by atoms with E-state index < -0.39 is 0 Å². The van der Waals surface area contributed by atoms with Crippen molar-refractivity contribution in [3.63, 3.8) is 0 Å². The Bertz CT molecular complexity index is 1340. The molecule has 0 atom stereocenters. The molecular formula is C26H29N5O2. The topological polar surface area (TPSA) is 62.5 Å². The van der Waals surface area contributed by atoms with Crippen molar-refractivity contribution in [3.05, 3.63) is 86.6 Å². The summed E-state index contributed by atoms with van der Waals surface area (Å²) in [5.41, 5.74) is 4.65. The fourth-order valence-electron chi connectivity index (χ4n) is 4.32. The number of fused-ring (bicyclic) bond motifs is 1. The van der Waals surface area contributed by atoms with E-state index in [0.717, 1.165) is 41.2 Å². The van der Waals surface area contributed by atoms with E-state index >= 15 is 0 Å². The van der Waals surface area contributed by atoms with Gasteiger partial charge < -0.3 is 15.1 Å². The number of benzene rings is 2. The summed E-state index contributed by atoms with van der Waals surface area (Å²) in [6.07, 6.45) is 3.73. The van der Waals surface area contributed by atoms with Crippen LogP contribution in [0.5, 0.6) is 0 Å². The van der Waals surface area contributed by atoms with Crippen LogP contribution in [0.3, 0.4) is 0 Å². The molecular weight excluding hydrogens is 414 g/mol. The average molecular weight is 444 g/mol. The van der Waals surface area contributed by atoms with Gasteiger partial charge in [0.25, 0.3) is 5.56 Å². The molecule has 1 aliphatic carbocycles. The Labute approximate surface area is 193 Å². The lowest BCUT2D eigenvalue weighted by Gasteiger charge is -2.31. The Hall–Kier alpha value is -3.74. The van der Waals surface area contributed by atoms with E-state index in [2.05, 4.69) is 5.32 Å². The smallest absolute Gasteiger partial charge is 0.337 e. The third-order valence-electron chi connectivity index (χ3n) is 6.33. The minimum Gasteiger partial charge on any atom is -0.378 e. The van der Waals surface area contributed by atoms with Gasteiger partial charge in [-0.15, -0.1) is 0 Å². The lowest BCUT2D eigenvalue weighted by atomic mass is 10.1. The zero-order valence-electron chi connectivity index (χ0n) is 19.5. The maximum Gasteiger partial charge on any atom is 0.337 e. The standard InChI is InChI=1S/C26H29N5O2/c1-17-5-9-20(10-6-17)30-24-23(25(32)31(26(30)33)21-13-14-21)22(15-16-29(24)4)27-18-7-11-19(12-8-18)28(2)3/h5-12,15,21,27H,13-14,16H2,1-4H3. The lowest BCUT2D eigenvalue weighted by molar-refractivity contribution is 0.624. The van der Waals surface area contributed by atoms with Gasteiger partial charge in [-0.3, -0.25) is 9.36 Å². The highest BCUT2D eigenvalue weighted by atomic mass is 16.2. The molecule has 0 unspecified atom stereocenters. The van der Waals surface area contributed by atoms with Crippen LogP contribution in [0.15, 0.2) is 64.2 Å². The van der Waals surface area contributed by atoms with E-state index in [9.17, 15) is 9.59 Å². The van der Waals surface area contributed by atoms with Gasteiger partial charge in [-0.2, -0.15) is 0 Å². The first-order chi connectivity index (χ1) is 15.8. The molecule has 0 spiro atoms. The summed E-state index contributed by atoms with van der Waals surface area (Å²) < 4.78 is 3.14. The van der Waals surface area contributed by atoms with Gasteiger partial charge >= 0.3 is 5.69 Å². The quantitative estimate of drug-likeness (QED) is 0.653. The van der Waals surface area contributed by atoms with E-state index in [1.807, 2.05) is 92.5 Å². The molecule has 0 saturated heterocycles. The Morgan fingerprint density at radius 3 is 2.24 bits per heavy atom. The maximum atomic E-state index is 13.7. The summed E-state index contributed by atoms with van der Waals surface area (Å²) >= 11 is 0. The molecule has 2 heterocycles. The fourth-order valence-corrected chi connectivity index (χ4v) is 4.32. The van der Waals surface area contributed by atoms with Crippen LogP contribution < -0.4 is 26.4 Å². The van der Waals surface area contributed by atoms with Crippen LogP contribution in [0.1, 0.15) is 30.0 Å². The normalized spacial score (nSPS) is 15.2. The third-order valence-corrected chi connectivity index (χ3v) is 6.33. The van der Waals surface area contributed by atoms with Crippen LogP contribution in [0.4, 0.5) is 17.2 Å². The van der Waals surface area contributed by atoms with Crippen molar-refractivity contribution >= 4 is 22.9 Å². The van der Waals surface area contributed by atoms with Crippen LogP contribution >= 0.6 is 0 Å². The van der Waals surface area contributed by atoms with Gasteiger partial charge in [-0.1, -0.05) is 17.7 Å². The van der Waals surface area contributed by atoms with Crippen LogP contribution in [0, 0.1) is 6.92 Å². The predicted molar refractivity (Wildman–Crippen MR) is 135 cm³/mol. The van der Waals surface area contributed by atoms with E-state index in [4.69, 9.17) is 0 Å². The number of hydrogen-bond donors (Lipinski definition) is 1. The van der Waals surface area contributed by atoms with Crippen molar-refractivity contribution in [3.8, 4) is 5.69 Å². The molecule has 5 rings (SSSR count). The van der Waals surface area contributed by atoms with Gasteiger partial charge in [0, 0.05) is 45.1 Å². The molecule has 1 saturated carbocycles. The van der Waals surface area contributed by atoms with Gasteiger partial charge in [0.1, 0.15) is 11.4 Å². The first-order valence-corrected chi connectivity index (χ1v) is 11.3. The molecule has 1 aliphatic heterocycles. The summed E-state index contributed by atoms with van der Waals surface area (Å²) in [4.78, 5) is 31.3. The number of likely N-dealkylation sites (N-methyl/N-ethyl adjacent to an activating group) is 1. The number of hydrogen-bond acceptors (Lipinski definition) is 5. The number of aromatic nitrogens is 2. The molecule has 1 fully saturated rings. The summed E-state index contributed by atoms with van der Waals surface area (Å²) in [5, 5.41) is 3.45. The number of anilines is 3. The molecule has 7 heteroatoms. The van der Waals surface area contributed by atoms with Crippen LogP contribution in [-0.2, 0) is 0 Å². The van der Waals surface area contributed by atoms with Gasteiger partial charge in [-0.25, -0.2) is 9.36 Å². The Morgan fingerprint density at radius 1 is 0.970 bits per heavy atom. The minimum atomic E-state index is -0.270. The van der Waals surface area contributed by atoms with Crippen molar-refractivity contribution in [1.29, 1.82) is 0 Å². The first-order valence-electron chi connectivity index (χ1n) is 11.3. The van der Waals surface area contributed by atoms with Crippen molar-refractivity contribution in [2.75, 3.05) is 42.8 Å². The van der Waals surface area contributed by atoms with E-state index in [-0.39, 0.29) is 17.3 Å². The van der Waals surface area contributed by atoms with Gasteiger partial charge in [0.15, 0.2) is 0 Å². The van der Waals surface area contributed by atoms with Crippen LogP contribution in [-0.4, -0.2) is 36.8 Å². The minimum absolute atomic E-state index is 0.0279. The van der Waals surface area contributed by atoms with Gasteiger partial charge in [-0.05, 0) is 62.2 Å². The van der Waals surface area contributed by atoms with Gasteiger partial charge in [0.2, 0.25) is 0 Å². The molecule has 1 aromatic heterocycles. The molecule has 0 radical (unpaired) electrons. The van der Waals surface area contributed by atoms with Crippen LogP contribution in [0.25, 0.3) is 11.4 Å². The summed E-state index contributed by atoms with van der Waals surface area (Å²) in [7, 11) is 5.93. The Kier molecular flexibility index (Phi) is 5.12. The van der Waals surface area contributed by atoms with E-state index in [0.29, 0.717) is 17.9 Å². The number of rotatable bonds is 5. The van der Waals surface area contributed by atoms with Crippen molar-refractivity contribution < 1.29 is 0 Å². The van der Waals surface area contributed by atoms with E-state index in [1.165, 1.54) is 4.57 Å². The molecule has 0 amide bonds. The molecule has 170 valence electrons. The summed E-state index contributed by atoms with van der Waals surface area (Å²) in [5.74, 6) is 0.626. The summed E-state index contributed by atoms with van der Waals surface area (Å²) in [6, 6.07) is 15.9. The number of nitrogens with zero attached hydrogens (tertiary/aromatic N) is 4. The molecule has 2 aromatic carbocycles.